The monoisotopic (exact) mass is 540 g/mol. The molecule has 1 aliphatic heterocycles. The van der Waals surface area contributed by atoms with E-state index in [0.717, 1.165) is 16.7 Å². The van der Waals surface area contributed by atoms with E-state index in [-0.39, 0.29) is 35.3 Å². The maximum absolute atomic E-state index is 13.3. The lowest BCUT2D eigenvalue weighted by Crippen LogP contribution is -2.29. The Morgan fingerprint density at radius 2 is 2.05 bits per heavy atom. The molecule has 14 heteroatoms. The number of amides is 2. The van der Waals surface area contributed by atoms with Crippen molar-refractivity contribution in [2.24, 2.45) is 10.9 Å². The number of carboxylic acids is 1. The van der Waals surface area contributed by atoms with Gasteiger partial charge < -0.3 is 20.1 Å². The molecule has 0 saturated heterocycles. The molecular weight excluding hydrogens is 513 g/mol. The van der Waals surface area contributed by atoms with Crippen molar-refractivity contribution in [1.82, 2.24) is 20.2 Å². The van der Waals surface area contributed by atoms with Crippen LogP contribution in [-0.4, -0.2) is 72.0 Å². The number of ether oxygens (including phenoxy) is 1. The van der Waals surface area contributed by atoms with Gasteiger partial charge in [0.15, 0.2) is 5.69 Å². The highest BCUT2D eigenvalue weighted by atomic mass is 32.1. The normalized spacial score (nSPS) is 15.7. The first-order valence-corrected chi connectivity index (χ1v) is 12.2. The lowest BCUT2D eigenvalue weighted by atomic mass is 9.91. The Bertz CT molecular complexity index is 1200. The van der Waals surface area contributed by atoms with Crippen molar-refractivity contribution in [3.8, 4) is 10.6 Å². The highest BCUT2D eigenvalue weighted by Gasteiger charge is 2.35. The van der Waals surface area contributed by atoms with Gasteiger partial charge in [-0.15, -0.1) is 11.3 Å². The second-order valence-electron chi connectivity index (χ2n) is 8.39. The van der Waals surface area contributed by atoms with Crippen LogP contribution in [0.15, 0.2) is 28.5 Å². The summed E-state index contributed by atoms with van der Waals surface area (Å²) in [5, 5.41) is 15.7. The summed E-state index contributed by atoms with van der Waals surface area (Å²) in [4.78, 5) is 37.9. The molecule has 0 aromatic carbocycles. The zero-order chi connectivity index (χ0) is 27.2. The standard InChI is InChI=1S/C23H27F3N6O4S/c1-4-5-27-22(35)31-18-9-15(20-30-17(12-37-20)23(24,25)26)16(11-28-18)14-8-13(21(33)34)10-29-19(14)36-7-6-32(2)3/h9-13H,4-8H2,1-3H3,(H,33,34)(H2,27,28,31,35). The first kappa shape index (κ1) is 28.1. The van der Waals surface area contributed by atoms with Crippen LogP contribution in [0, 0.1) is 5.92 Å². The predicted octanol–water partition coefficient (Wildman–Crippen LogP) is 4.18. The number of carbonyl (C=O) groups is 2. The number of nitrogens with one attached hydrogen (secondary N) is 2. The number of likely N-dealkylation sites (N-methyl/N-ethyl adjacent to an activating group) is 1. The molecule has 3 rings (SSSR count). The van der Waals surface area contributed by atoms with Crippen LogP contribution in [0.1, 0.15) is 31.0 Å². The van der Waals surface area contributed by atoms with Gasteiger partial charge in [0, 0.05) is 47.6 Å². The molecule has 0 saturated carbocycles. The molecule has 0 fully saturated rings. The van der Waals surface area contributed by atoms with Crippen molar-refractivity contribution in [3.05, 3.63) is 34.8 Å². The van der Waals surface area contributed by atoms with Gasteiger partial charge in [0.1, 0.15) is 17.4 Å². The SMILES string of the molecule is CCCNC(=O)Nc1cc(-c2nc(C(F)(F)F)cs2)c(C2=C(OCCN(C)C)N=CC(C(=O)O)C2)cn1. The fourth-order valence-electron chi connectivity index (χ4n) is 3.29. The summed E-state index contributed by atoms with van der Waals surface area (Å²) < 4.78 is 45.7. The third kappa shape index (κ3) is 7.49. The van der Waals surface area contributed by atoms with Gasteiger partial charge in [-0.1, -0.05) is 6.92 Å². The van der Waals surface area contributed by atoms with Crippen LogP contribution in [0.2, 0.25) is 0 Å². The van der Waals surface area contributed by atoms with E-state index in [0.29, 0.717) is 30.6 Å². The lowest BCUT2D eigenvalue weighted by Gasteiger charge is -2.22. The summed E-state index contributed by atoms with van der Waals surface area (Å²) in [5.41, 5.74) is -0.161. The average molecular weight is 541 g/mol. The lowest BCUT2D eigenvalue weighted by molar-refractivity contribution is -0.141. The predicted molar refractivity (Wildman–Crippen MR) is 133 cm³/mol. The highest BCUT2D eigenvalue weighted by molar-refractivity contribution is 7.13. The third-order valence-electron chi connectivity index (χ3n) is 5.18. The van der Waals surface area contributed by atoms with E-state index in [1.807, 2.05) is 25.9 Å². The number of allylic oxidation sites excluding steroid dienone is 1. The molecule has 3 heterocycles. The van der Waals surface area contributed by atoms with E-state index in [2.05, 4.69) is 25.6 Å². The van der Waals surface area contributed by atoms with Crippen LogP contribution in [-0.2, 0) is 15.7 Å². The molecule has 0 radical (unpaired) electrons. The molecule has 1 aliphatic rings. The molecular formula is C23H27F3N6O4S. The van der Waals surface area contributed by atoms with E-state index in [1.54, 1.807) is 0 Å². The Balaban J connectivity index is 2.10. The van der Waals surface area contributed by atoms with Crippen LogP contribution in [0.3, 0.4) is 0 Å². The van der Waals surface area contributed by atoms with Gasteiger partial charge in [-0.3, -0.25) is 10.1 Å². The smallest absolute Gasteiger partial charge is 0.434 e. The number of hydrogen-bond donors (Lipinski definition) is 3. The number of rotatable bonds is 10. The average Bonchev–Trinajstić information content (AvgIpc) is 3.34. The van der Waals surface area contributed by atoms with E-state index in [1.165, 1.54) is 18.5 Å². The summed E-state index contributed by atoms with van der Waals surface area (Å²) in [5.74, 6) is -1.84. The van der Waals surface area contributed by atoms with Gasteiger partial charge in [0.05, 0.1) is 5.92 Å². The molecule has 0 aliphatic carbocycles. The second kappa shape index (κ2) is 12.1. The minimum Gasteiger partial charge on any atom is -0.481 e. The van der Waals surface area contributed by atoms with Crippen molar-refractivity contribution in [2.75, 3.05) is 39.1 Å². The van der Waals surface area contributed by atoms with Gasteiger partial charge in [0.2, 0.25) is 5.88 Å². The zero-order valence-electron chi connectivity index (χ0n) is 20.4. The summed E-state index contributed by atoms with van der Waals surface area (Å²) >= 11 is 0.767. The van der Waals surface area contributed by atoms with E-state index in [4.69, 9.17) is 4.74 Å². The van der Waals surface area contributed by atoms with Crippen LogP contribution in [0.5, 0.6) is 0 Å². The molecule has 0 bridgehead atoms. The van der Waals surface area contributed by atoms with E-state index < -0.39 is 29.8 Å². The Hall–Kier alpha value is -3.52. The molecule has 1 unspecified atom stereocenters. The zero-order valence-corrected chi connectivity index (χ0v) is 21.2. The third-order valence-corrected chi connectivity index (χ3v) is 6.06. The second-order valence-corrected chi connectivity index (χ2v) is 9.25. The van der Waals surface area contributed by atoms with Crippen LogP contribution in [0.25, 0.3) is 16.1 Å². The number of aliphatic carboxylic acids is 1. The first-order chi connectivity index (χ1) is 17.5. The molecule has 10 nitrogen and oxygen atoms in total. The highest BCUT2D eigenvalue weighted by Crippen LogP contribution is 2.40. The molecule has 1 atom stereocenters. The fraction of sp³-hybridized carbons (Fsp3) is 0.435. The Kier molecular flexibility index (Phi) is 9.21. The van der Waals surface area contributed by atoms with Gasteiger partial charge in [-0.05, 0) is 33.0 Å². The van der Waals surface area contributed by atoms with Crippen LogP contribution < -0.4 is 10.6 Å². The molecule has 2 amide bonds. The van der Waals surface area contributed by atoms with E-state index in [9.17, 15) is 27.9 Å². The first-order valence-electron chi connectivity index (χ1n) is 11.4. The number of alkyl halides is 3. The molecule has 2 aromatic rings. The summed E-state index contributed by atoms with van der Waals surface area (Å²) in [6, 6.07) is 0.876. The minimum absolute atomic E-state index is 0.0170. The number of aromatic nitrogens is 2. The number of pyridine rings is 1. The number of hydrogen-bond acceptors (Lipinski definition) is 8. The molecule has 2 aromatic heterocycles. The quantitative estimate of drug-likeness (QED) is 0.412. The minimum atomic E-state index is -4.65. The van der Waals surface area contributed by atoms with Gasteiger partial charge in [-0.2, -0.15) is 13.2 Å². The maximum atomic E-state index is 13.3. The topological polar surface area (TPSA) is 129 Å². The fourth-order valence-corrected chi connectivity index (χ4v) is 4.15. The number of carboxylic acid groups (broad SMARTS) is 1. The van der Waals surface area contributed by atoms with E-state index >= 15 is 0 Å². The number of urea groups is 1. The van der Waals surface area contributed by atoms with Gasteiger partial charge in [-0.25, -0.2) is 19.8 Å². The number of thiazole rings is 1. The Labute approximate surface area is 215 Å². The number of carbonyl (C=O) groups excluding carboxylic acids is 1. The Morgan fingerprint density at radius 1 is 1.30 bits per heavy atom. The van der Waals surface area contributed by atoms with Crippen molar-refractivity contribution >= 4 is 40.9 Å². The molecule has 3 N–H and O–H groups in total. The number of halogens is 3. The number of nitrogens with zero attached hydrogens (tertiary/aromatic N) is 4. The van der Waals surface area contributed by atoms with Gasteiger partial charge >= 0.3 is 18.2 Å². The van der Waals surface area contributed by atoms with Crippen molar-refractivity contribution in [1.29, 1.82) is 0 Å². The summed E-state index contributed by atoms with van der Waals surface area (Å²) in [6.07, 6.45) is -1.34. The molecule has 37 heavy (non-hydrogen) atoms. The molecule has 200 valence electrons. The summed E-state index contributed by atoms with van der Waals surface area (Å²) in [6.45, 7) is 3.11. The summed E-state index contributed by atoms with van der Waals surface area (Å²) in [7, 11) is 3.71. The Morgan fingerprint density at radius 3 is 2.68 bits per heavy atom. The van der Waals surface area contributed by atoms with Crippen molar-refractivity contribution < 1.29 is 32.6 Å². The largest absolute Gasteiger partial charge is 0.481 e. The van der Waals surface area contributed by atoms with Gasteiger partial charge in [0.25, 0.3) is 0 Å². The maximum Gasteiger partial charge on any atom is 0.434 e. The van der Waals surface area contributed by atoms with Crippen molar-refractivity contribution in [3.63, 3.8) is 0 Å². The van der Waals surface area contributed by atoms with Crippen molar-refractivity contribution in [2.45, 2.75) is 25.9 Å². The molecule has 0 spiro atoms. The van der Waals surface area contributed by atoms with Crippen LogP contribution >= 0.6 is 11.3 Å². The van der Waals surface area contributed by atoms with Crippen LogP contribution in [0.4, 0.5) is 23.8 Å². The number of anilines is 1. The number of aliphatic imine (C=N–C) groups is 1.